The van der Waals surface area contributed by atoms with E-state index in [-0.39, 0.29) is 0 Å². The highest BCUT2D eigenvalue weighted by atomic mass is 16.3. The zero-order chi connectivity index (χ0) is 42.8. The van der Waals surface area contributed by atoms with Crippen molar-refractivity contribution in [2.24, 2.45) is 0 Å². The summed E-state index contributed by atoms with van der Waals surface area (Å²) in [5, 5.41) is 9.66. The number of nitrogens with zero attached hydrogens (tertiary/aromatic N) is 2. The van der Waals surface area contributed by atoms with Crippen molar-refractivity contribution < 1.29 is 4.42 Å². The molecule has 11 aromatic carbocycles. The fraction of sp³-hybridized carbons (Fsp3) is 0. The SMILES string of the molecule is c1cc(-c2ccccc2-n2c3ccccc3c3ccccc32)cc(N(c2cccc(-c3cccc4c3oc3ccccc34)c2)c2ccccc2-c2cc3ccccc3c3ccccc23)c1. The van der Waals surface area contributed by atoms with E-state index in [2.05, 4.69) is 246 Å². The molecule has 0 aliphatic carbocycles. The highest BCUT2D eigenvalue weighted by Crippen LogP contribution is 2.47. The number of fused-ring (bicyclic) bond motifs is 9. The van der Waals surface area contributed by atoms with Crippen LogP contribution in [0, 0.1) is 0 Å². The molecule has 0 saturated heterocycles. The second kappa shape index (κ2) is 15.0. The number of anilines is 3. The second-order valence-corrected chi connectivity index (χ2v) is 16.8. The molecule has 3 nitrogen and oxygen atoms in total. The van der Waals surface area contributed by atoms with E-state index in [1.807, 2.05) is 6.07 Å². The minimum atomic E-state index is 0.891. The Morgan fingerprint density at radius 1 is 0.323 bits per heavy atom. The molecule has 0 aliphatic rings. The van der Waals surface area contributed by atoms with Gasteiger partial charge in [-0.1, -0.05) is 182 Å². The molecule has 0 radical (unpaired) electrons. The van der Waals surface area contributed by atoms with Gasteiger partial charge >= 0.3 is 0 Å². The summed E-state index contributed by atoms with van der Waals surface area (Å²) in [5.74, 6) is 0. The van der Waals surface area contributed by atoms with Gasteiger partial charge in [0.2, 0.25) is 0 Å². The Hall–Kier alpha value is -8.66. The Bertz CT molecular complexity index is 3930. The van der Waals surface area contributed by atoms with E-state index >= 15 is 0 Å². The van der Waals surface area contributed by atoms with Crippen LogP contribution in [0.3, 0.4) is 0 Å². The van der Waals surface area contributed by atoms with Crippen molar-refractivity contribution in [1.82, 2.24) is 4.57 Å². The summed E-state index contributed by atoms with van der Waals surface area (Å²) in [5.41, 5.74) is 15.2. The van der Waals surface area contributed by atoms with E-state index in [1.54, 1.807) is 0 Å². The first-order valence-corrected chi connectivity index (χ1v) is 22.3. The van der Waals surface area contributed by atoms with Crippen molar-refractivity contribution >= 4 is 82.4 Å². The van der Waals surface area contributed by atoms with Crippen LogP contribution in [-0.2, 0) is 0 Å². The van der Waals surface area contributed by atoms with Gasteiger partial charge in [0.15, 0.2) is 0 Å². The molecule has 0 aliphatic heterocycles. The largest absolute Gasteiger partial charge is 0.455 e. The van der Waals surface area contributed by atoms with Crippen molar-refractivity contribution in [2.75, 3.05) is 4.90 Å². The number of hydrogen-bond donors (Lipinski definition) is 0. The summed E-state index contributed by atoms with van der Waals surface area (Å²) in [4.78, 5) is 2.44. The van der Waals surface area contributed by atoms with Gasteiger partial charge in [-0.15, -0.1) is 0 Å². The maximum absolute atomic E-state index is 6.61. The van der Waals surface area contributed by atoms with Crippen LogP contribution in [0.4, 0.5) is 17.1 Å². The first-order valence-electron chi connectivity index (χ1n) is 22.3. The molecule has 3 heteroatoms. The van der Waals surface area contributed by atoms with Gasteiger partial charge in [0.25, 0.3) is 0 Å². The zero-order valence-corrected chi connectivity index (χ0v) is 35.4. The monoisotopic (exact) mass is 828 g/mol. The van der Waals surface area contributed by atoms with Gasteiger partial charge in [-0.25, -0.2) is 0 Å². The lowest BCUT2D eigenvalue weighted by Crippen LogP contribution is -2.11. The van der Waals surface area contributed by atoms with Crippen LogP contribution in [0.15, 0.2) is 247 Å². The van der Waals surface area contributed by atoms with Crippen LogP contribution in [0.1, 0.15) is 0 Å². The fourth-order valence-corrected chi connectivity index (χ4v) is 10.3. The summed E-state index contributed by atoms with van der Waals surface area (Å²) in [6.45, 7) is 0. The van der Waals surface area contributed by atoms with Gasteiger partial charge in [0.1, 0.15) is 11.2 Å². The summed E-state index contributed by atoms with van der Waals surface area (Å²) < 4.78 is 9.03. The molecule has 0 atom stereocenters. The van der Waals surface area contributed by atoms with Crippen LogP contribution in [0.25, 0.3) is 104 Å². The van der Waals surface area contributed by atoms with E-state index in [1.165, 1.54) is 48.9 Å². The van der Waals surface area contributed by atoms with Crippen LogP contribution < -0.4 is 4.90 Å². The lowest BCUT2D eigenvalue weighted by Gasteiger charge is -2.29. The van der Waals surface area contributed by atoms with Crippen molar-refractivity contribution in [3.05, 3.63) is 243 Å². The second-order valence-electron chi connectivity index (χ2n) is 16.8. The van der Waals surface area contributed by atoms with Crippen molar-refractivity contribution in [1.29, 1.82) is 0 Å². The van der Waals surface area contributed by atoms with Crippen LogP contribution in [-0.4, -0.2) is 4.57 Å². The topological polar surface area (TPSA) is 21.3 Å². The zero-order valence-electron chi connectivity index (χ0n) is 35.4. The quantitative estimate of drug-likeness (QED) is 0.149. The number of hydrogen-bond acceptors (Lipinski definition) is 2. The van der Waals surface area contributed by atoms with Crippen LogP contribution in [0.2, 0.25) is 0 Å². The van der Waals surface area contributed by atoms with Crippen LogP contribution in [0.5, 0.6) is 0 Å². The minimum Gasteiger partial charge on any atom is -0.455 e. The van der Waals surface area contributed by atoms with Crippen molar-refractivity contribution in [3.8, 4) is 39.1 Å². The highest BCUT2D eigenvalue weighted by molar-refractivity contribution is 6.15. The van der Waals surface area contributed by atoms with Gasteiger partial charge in [0, 0.05) is 49.6 Å². The number of benzene rings is 11. The molecular formula is C62H40N2O. The lowest BCUT2D eigenvalue weighted by atomic mass is 9.92. The molecule has 2 heterocycles. The molecule has 13 aromatic rings. The van der Waals surface area contributed by atoms with Gasteiger partial charge in [-0.05, 0) is 98.9 Å². The normalized spacial score (nSPS) is 11.7. The number of furan rings is 1. The van der Waals surface area contributed by atoms with E-state index in [4.69, 9.17) is 4.42 Å². The molecule has 0 fully saturated rings. The number of para-hydroxylation sites is 6. The Morgan fingerprint density at radius 2 is 0.846 bits per heavy atom. The van der Waals surface area contributed by atoms with Gasteiger partial charge in [0.05, 0.1) is 22.4 Å². The first-order chi connectivity index (χ1) is 32.3. The van der Waals surface area contributed by atoms with Gasteiger partial charge in [-0.2, -0.15) is 0 Å². The molecule has 13 rings (SSSR count). The summed E-state index contributed by atoms with van der Waals surface area (Å²) >= 11 is 0. The fourth-order valence-electron chi connectivity index (χ4n) is 10.3. The lowest BCUT2D eigenvalue weighted by molar-refractivity contribution is 0.670. The Labute approximate surface area is 376 Å². The predicted octanol–water partition coefficient (Wildman–Crippen LogP) is 17.5. The molecule has 0 amide bonds. The highest BCUT2D eigenvalue weighted by Gasteiger charge is 2.22. The maximum Gasteiger partial charge on any atom is 0.143 e. The van der Waals surface area contributed by atoms with Gasteiger partial charge < -0.3 is 13.9 Å². The standard InChI is InChI=1S/C62H40N2O/c1-2-23-46-43(18-1)40-56(50-26-4-3-25-49(46)50)53-29-8-11-34-58(53)63(45-22-16-20-42(39-45)48-31-17-32-55-54-30-9-14-37-61(54)65-62(48)55)44-21-15-19-41(38-44)47-24-5-10-33-57(47)64-59-35-12-6-27-51(59)52-28-7-13-36-60(52)64/h1-40H. The number of rotatable bonds is 7. The molecule has 0 saturated carbocycles. The van der Waals surface area contributed by atoms with Crippen LogP contribution >= 0.6 is 0 Å². The molecule has 65 heavy (non-hydrogen) atoms. The Kier molecular flexibility index (Phi) is 8.53. The maximum atomic E-state index is 6.61. The average molecular weight is 829 g/mol. The predicted molar refractivity (Wildman–Crippen MR) is 274 cm³/mol. The first kappa shape index (κ1) is 36.9. The third-order valence-electron chi connectivity index (χ3n) is 13.2. The molecule has 2 aromatic heterocycles. The number of aromatic nitrogens is 1. The molecule has 0 bridgehead atoms. The van der Waals surface area contributed by atoms with Crippen molar-refractivity contribution in [3.63, 3.8) is 0 Å². The molecule has 0 unspecified atom stereocenters. The van der Waals surface area contributed by atoms with Gasteiger partial charge in [-0.3, -0.25) is 0 Å². The molecular weight excluding hydrogens is 789 g/mol. The summed E-state index contributed by atoms with van der Waals surface area (Å²) in [7, 11) is 0. The minimum absolute atomic E-state index is 0.891. The van der Waals surface area contributed by atoms with E-state index < -0.39 is 0 Å². The summed E-state index contributed by atoms with van der Waals surface area (Å²) in [6.07, 6.45) is 0. The Balaban J connectivity index is 1.04. The smallest absolute Gasteiger partial charge is 0.143 e. The van der Waals surface area contributed by atoms with E-state index in [0.717, 1.165) is 72.5 Å². The summed E-state index contributed by atoms with van der Waals surface area (Å²) in [6, 6.07) is 87.8. The third-order valence-corrected chi connectivity index (χ3v) is 13.2. The molecule has 304 valence electrons. The third kappa shape index (κ3) is 5.97. The van der Waals surface area contributed by atoms with E-state index in [9.17, 15) is 0 Å². The average Bonchev–Trinajstić information content (AvgIpc) is 3.93. The Morgan fingerprint density at radius 3 is 1.60 bits per heavy atom. The molecule has 0 N–H and O–H groups in total. The molecule has 0 spiro atoms. The van der Waals surface area contributed by atoms with Crippen molar-refractivity contribution in [2.45, 2.75) is 0 Å². The van der Waals surface area contributed by atoms with E-state index in [0.29, 0.717) is 0 Å².